The van der Waals surface area contributed by atoms with Crippen molar-refractivity contribution in [3.8, 4) is 5.75 Å². The molecule has 0 bridgehead atoms. The standard InChI is InChI=1S/C30H27N3O4/c1-18-28(24-15-20(37-2)11-12-25(24)31-18)27(34)17-32-14-13-19-7-3-4-8-21(19)26(32)16-33-29(35)22-9-5-6-10-23(22)30(33)36/h3-12,15,26,31H,13-14,16-17H2,1-2H3. The number of hydrogen-bond acceptors (Lipinski definition) is 5. The van der Waals surface area contributed by atoms with Gasteiger partial charge in [0.15, 0.2) is 5.78 Å². The summed E-state index contributed by atoms with van der Waals surface area (Å²) in [5.74, 6) is 0.115. The van der Waals surface area contributed by atoms with Crippen molar-refractivity contribution in [2.24, 2.45) is 0 Å². The van der Waals surface area contributed by atoms with E-state index in [4.69, 9.17) is 4.74 Å². The lowest BCUT2D eigenvalue weighted by atomic mass is 9.91. The maximum Gasteiger partial charge on any atom is 0.261 e. The fourth-order valence-corrected chi connectivity index (χ4v) is 5.74. The van der Waals surface area contributed by atoms with Gasteiger partial charge >= 0.3 is 0 Å². The van der Waals surface area contributed by atoms with Crippen LogP contribution in [0.1, 0.15) is 53.9 Å². The van der Waals surface area contributed by atoms with E-state index in [1.54, 1.807) is 31.4 Å². The molecule has 0 aliphatic carbocycles. The Morgan fingerprint density at radius 2 is 1.70 bits per heavy atom. The minimum Gasteiger partial charge on any atom is -0.497 e. The first-order valence-electron chi connectivity index (χ1n) is 12.4. The Balaban J connectivity index is 1.33. The van der Waals surface area contributed by atoms with Crippen LogP contribution in [0.25, 0.3) is 10.9 Å². The summed E-state index contributed by atoms with van der Waals surface area (Å²) in [6.07, 6.45) is 0.794. The Hall–Kier alpha value is -4.23. The average Bonchev–Trinajstić information content (AvgIpc) is 3.37. The van der Waals surface area contributed by atoms with Crippen LogP contribution in [0.4, 0.5) is 0 Å². The van der Waals surface area contributed by atoms with Gasteiger partial charge in [-0.1, -0.05) is 36.4 Å². The molecule has 0 fully saturated rings. The number of imide groups is 1. The summed E-state index contributed by atoms with van der Waals surface area (Å²) < 4.78 is 5.39. The van der Waals surface area contributed by atoms with Gasteiger partial charge in [0.2, 0.25) is 0 Å². The predicted octanol–water partition coefficient (Wildman–Crippen LogP) is 4.56. The molecule has 1 N–H and O–H groups in total. The molecule has 0 radical (unpaired) electrons. The molecule has 2 aliphatic rings. The van der Waals surface area contributed by atoms with Crippen LogP contribution < -0.4 is 4.74 Å². The lowest BCUT2D eigenvalue weighted by Crippen LogP contribution is -2.45. The molecule has 1 unspecified atom stereocenters. The number of nitrogens with zero attached hydrogens (tertiary/aromatic N) is 2. The number of ether oxygens (including phenoxy) is 1. The van der Waals surface area contributed by atoms with Gasteiger partial charge in [0.1, 0.15) is 5.75 Å². The molecule has 7 heteroatoms. The summed E-state index contributed by atoms with van der Waals surface area (Å²) in [4.78, 5) is 46.8. The van der Waals surface area contributed by atoms with Crippen molar-refractivity contribution in [1.29, 1.82) is 0 Å². The second-order valence-electron chi connectivity index (χ2n) is 9.66. The number of aromatic amines is 1. The number of carbonyl (C=O) groups excluding carboxylic acids is 3. The van der Waals surface area contributed by atoms with E-state index >= 15 is 0 Å². The first-order valence-corrected chi connectivity index (χ1v) is 12.4. The zero-order valence-electron chi connectivity index (χ0n) is 20.8. The summed E-state index contributed by atoms with van der Waals surface area (Å²) in [5, 5.41) is 0.830. The molecule has 1 atom stereocenters. The number of nitrogens with one attached hydrogen (secondary N) is 1. The Bertz CT molecular complexity index is 1540. The Morgan fingerprint density at radius 3 is 2.43 bits per heavy atom. The minimum atomic E-state index is -0.283. The van der Waals surface area contributed by atoms with Crippen LogP contribution in [0.3, 0.4) is 0 Å². The Morgan fingerprint density at radius 1 is 1.00 bits per heavy atom. The fraction of sp³-hybridized carbons (Fsp3) is 0.233. The van der Waals surface area contributed by atoms with E-state index in [9.17, 15) is 14.4 Å². The van der Waals surface area contributed by atoms with Crippen molar-refractivity contribution in [3.63, 3.8) is 0 Å². The molecule has 3 heterocycles. The van der Waals surface area contributed by atoms with E-state index in [0.29, 0.717) is 29.0 Å². The summed E-state index contributed by atoms with van der Waals surface area (Å²) in [7, 11) is 1.61. The van der Waals surface area contributed by atoms with Crippen LogP contribution in [0.2, 0.25) is 0 Å². The number of Topliss-reactive ketones (excluding diaryl/α,β-unsaturated/α-hetero) is 1. The van der Waals surface area contributed by atoms with Crippen molar-refractivity contribution in [3.05, 3.63) is 100 Å². The molecule has 0 saturated carbocycles. The topological polar surface area (TPSA) is 82.7 Å². The van der Waals surface area contributed by atoms with Gasteiger partial charge in [-0.25, -0.2) is 0 Å². The number of amides is 2. The maximum absolute atomic E-state index is 13.8. The lowest BCUT2D eigenvalue weighted by molar-refractivity contribution is 0.0574. The monoisotopic (exact) mass is 493 g/mol. The van der Waals surface area contributed by atoms with Gasteiger partial charge in [-0.15, -0.1) is 0 Å². The van der Waals surface area contributed by atoms with E-state index in [2.05, 4.69) is 16.0 Å². The fourth-order valence-electron chi connectivity index (χ4n) is 5.74. The van der Waals surface area contributed by atoms with Gasteiger partial charge < -0.3 is 9.72 Å². The zero-order valence-corrected chi connectivity index (χ0v) is 20.8. The van der Waals surface area contributed by atoms with Crippen LogP contribution >= 0.6 is 0 Å². The molecule has 2 amide bonds. The van der Waals surface area contributed by atoms with Crippen LogP contribution in [-0.4, -0.2) is 59.1 Å². The first-order chi connectivity index (χ1) is 18.0. The third-order valence-corrected chi connectivity index (χ3v) is 7.58. The third-order valence-electron chi connectivity index (χ3n) is 7.58. The lowest BCUT2D eigenvalue weighted by Gasteiger charge is -2.38. The van der Waals surface area contributed by atoms with Crippen LogP contribution in [0.5, 0.6) is 5.75 Å². The van der Waals surface area contributed by atoms with E-state index in [0.717, 1.165) is 28.6 Å². The molecular weight excluding hydrogens is 466 g/mol. The molecular formula is C30H27N3O4. The first kappa shape index (κ1) is 23.2. The van der Waals surface area contributed by atoms with Gasteiger partial charge in [-0.3, -0.25) is 24.2 Å². The highest BCUT2D eigenvalue weighted by Gasteiger charge is 2.39. The van der Waals surface area contributed by atoms with Gasteiger partial charge in [-0.2, -0.15) is 0 Å². The van der Waals surface area contributed by atoms with Gasteiger partial charge in [0.05, 0.1) is 30.8 Å². The molecule has 7 nitrogen and oxygen atoms in total. The predicted molar refractivity (Wildman–Crippen MR) is 140 cm³/mol. The van der Waals surface area contributed by atoms with E-state index in [1.807, 2.05) is 43.3 Å². The minimum absolute atomic E-state index is 0.0104. The summed E-state index contributed by atoms with van der Waals surface area (Å²) >= 11 is 0. The van der Waals surface area contributed by atoms with E-state index in [-0.39, 0.29) is 36.7 Å². The van der Waals surface area contributed by atoms with Crippen molar-refractivity contribution in [2.45, 2.75) is 19.4 Å². The van der Waals surface area contributed by atoms with Crippen molar-refractivity contribution < 1.29 is 19.1 Å². The van der Waals surface area contributed by atoms with Crippen LogP contribution in [0.15, 0.2) is 66.7 Å². The zero-order chi connectivity index (χ0) is 25.7. The molecule has 1 aromatic heterocycles. The molecule has 186 valence electrons. The second-order valence-corrected chi connectivity index (χ2v) is 9.66. The number of carbonyl (C=O) groups is 3. The highest BCUT2D eigenvalue weighted by Crippen LogP contribution is 2.34. The molecule has 0 spiro atoms. The highest BCUT2D eigenvalue weighted by molar-refractivity contribution is 6.21. The van der Waals surface area contributed by atoms with Crippen LogP contribution in [0, 0.1) is 6.92 Å². The SMILES string of the molecule is COc1ccc2[nH]c(C)c(C(=O)CN3CCc4ccccc4C3CN3C(=O)c4ccccc4C3=O)c2c1. The third kappa shape index (κ3) is 3.83. The number of H-pyrrole nitrogens is 1. The normalized spacial score (nSPS) is 17.2. The average molecular weight is 494 g/mol. The number of ketones is 1. The second kappa shape index (κ2) is 9.01. The molecule has 2 aliphatic heterocycles. The summed E-state index contributed by atoms with van der Waals surface area (Å²) in [5.41, 5.74) is 5.43. The van der Waals surface area contributed by atoms with Crippen LogP contribution in [-0.2, 0) is 6.42 Å². The van der Waals surface area contributed by atoms with Crippen molar-refractivity contribution in [2.75, 3.05) is 26.7 Å². The molecule has 4 aromatic rings. The molecule has 0 saturated heterocycles. The quantitative estimate of drug-likeness (QED) is 0.315. The highest BCUT2D eigenvalue weighted by atomic mass is 16.5. The number of methoxy groups -OCH3 is 1. The largest absolute Gasteiger partial charge is 0.497 e. The summed E-state index contributed by atoms with van der Waals surface area (Å²) in [6, 6.07) is 20.4. The Kier molecular flexibility index (Phi) is 5.65. The molecule has 37 heavy (non-hydrogen) atoms. The van der Waals surface area contributed by atoms with Crippen molar-refractivity contribution >= 4 is 28.5 Å². The smallest absolute Gasteiger partial charge is 0.261 e. The van der Waals surface area contributed by atoms with Gasteiger partial charge in [-0.05, 0) is 54.8 Å². The Labute approximate surface area is 214 Å². The number of hydrogen-bond donors (Lipinski definition) is 1. The molecule has 6 rings (SSSR count). The number of fused-ring (bicyclic) bond motifs is 3. The summed E-state index contributed by atoms with van der Waals surface area (Å²) in [6.45, 7) is 2.92. The van der Waals surface area contributed by atoms with Gasteiger partial charge in [0, 0.05) is 35.2 Å². The number of benzene rings is 3. The van der Waals surface area contributed by atoms with Crippen molar-refractivity contribution in [1.82, 2.24) is 14.8 Å². The van der Waals surface area contributed by atoms with E-state index in [1.165, 1.54) is 10.5 Å². The number of aryl methyl sites for hydroxylation is 1. The van der Waals surface area contributed by atoms with Gasteiger partial charge in [0.25, 0.3) is 11.8 Å². The number of aromatic nitrogens is 1. The number of rotatable bonds is 6. The molecule has 3 aromatic carbocycles. The maximum atomic E-state index is 13.8. The van der Waals surface area contributed by atoms with E-state index < -0.39 is 0 Å².